The molecular weight excluding hydrogens is 410 g/mol. The molecule has 4 aromatic rings. The van der Waals surface area contributed by atoms with Gasteiger partial charge in [0.25, 0.3) is 5.91 Å². The largest absolute Gasteiger partial charge is 0.464 e. The van der Waals surface area contributed by atoms with Gasteiger partial charge in [0.2, 0.25) is 5.91 Å². The van der Waals surface area contributed by atoms with Gasteiger partial charge in [0.05, 0.1) is 24.9 Å². The Labute approximate surface area is 184 Å². The second-order valence-electron chi connectivity index (χ2n) is 7.48. The second-order valence-corrected chi connectivity index (χ2v) is 7.48. The predicted octanol–water partition coefficient (Wildman–Crippen LogP) is 3.07. The summed E-state index contributed by atoms with van der Waals surface area (Å²) in [5.41, 5.74) is 3.54. The van der Waals surface area contributed by atoms with Crippen molar-refractivity contribution in [2.24, 2.45) is 14.1 Å². The third-order valence-corrected chi connectivity index (χ3v) is 5.20. The van der Waals surface area contributed by atoms with Crippen LogP contribution in [0.4, 0.5) is 11.4 Å². The van der Waals surface area contributed by atoms with Crippen LogP contribution in [0.15, 0.2) is 55.0 Å². The van der Waals surface area contributed by atoms with Crippen molar-refractivity contribution in [2.75, 3.05) is 17.7 Å². The first kappa shape index (κ1) is 21.0. The lowest BCUT2D eigenvalue weighted by atomic mass is 10.1. The third kappa shape index (κ3) is 4.13. The lowest BCUT2D eigenvalue weighted by molar-refractivity contribution is -0.115. The number of nitrogens with zero attached hydrogens (tertiary/aromatic N) is 2. The number of ether oxygens (including phenoxy) is 1. The Morgan fingerprint density at radius 2 is 1.62 bits per heavy atom. The van der Waals surface area contributed by atoms with Crippen LogP contribution in [0.1, 0.15) is 26.5 Å². The summed E-state index contributed by atoms with van der Waals surface area (Å²) in [5, 5.41) is 6.60. The lowest BCUT2D eigenvalue weighted by Gasteiger charge is -2.03. The Bertz CT molecular complexity index is 1330. The highest BCUT2D eigenvalue weighted by Gasteiger charge is 2.17. The maximum atomic E-state index is 12.7. The van der Waals surface area contributed by atoms with Gasteiger partial charge in [-0.15, -0.1) is 0 Å². The Morgan fingerprint density at radius 1 is 0.969 bits per heavy atom. The fourth-order valence-corrected chi connectivity index (χ4v) is 3.65. The van der Waals surface area contributed by atoms with Gasteiger partial charge in [-0.05, 0) is 23.8 Å². The molecule has 0 saturated heterocycles. The fraction of sp³-hybridized carbons (Fsp3) is 0.174. The molecule has 2 amide bonds. The molecule has 164 valence electrons. The standard InChI is InChI=1S/C23H23N5O4/c1-27-12-15(25-21(29)8-14-11-24-18-7-5-4-6-17(14)18)9-19(27)22(30)26-16-10-20(23(31)32-3)28(2)13-16/h4-7,9-13,24H,8H2,1-3H3,(H,25,29)(H,26,30). The zero-order chi connectivity index (χ0) is 22.8. The summed E-state index contributed by atoms with van der Waals surface area (Å²) in [6.07, 6.45) is 5.33. The molecule has 0 aliphatic carbocycles. The highest BCUT2D eigenvalue weighted by atomic mass is 16.5. The SMILES string of the molecule is COC(=O)c1cc(NC(=O)c2cc(NC(=O)Cc3c[nH]c4ccccc34)cn2C)cn1C. The number of aromatic nitrogens is 3. The van der Waals surface area contributed by atoms with Crippen molar-refractivity contribution in [1.29, 1.82) is 0 Å². The summed E-state index contributed by atoms with van der Waals surface area (Å²) in [5.74, 6) is -1.04. The molecule has 0 saturated carbocycles. The smallest absolute Gasteiger partial charge is 0.354 e. The zero-order valence-corrected chi connectivity index (χ0v) is 17.9. The molecule has 0 aliphatic rings. The molecular formula is C23H23N5O4. The number of carbonyl (C=O) groups excluding carboxylic acids is 3. The molecule has 0 unspecified atom stereocenters. The number of anilines is 2. The molecule has 3 aromatic heterocycles. The first-order chi connectivity index (χ1) is 15.4. The van der Waals surface area contributed by atoms with Crippen molar-refractivity contribution in [3.63, 3.8) is 0 Å². The summed E-state index contributed by atoms with van der Waals surface area (Å²) in [7, 11) is 4.70. The topological polar surface area (TPSA) is 110 Å². The van der Waals surface area contributed by atoms with Crippen molar-refractivity contribution in [2.45, 2.75) is 6.42 Å². The third-order valence-electron chi connectivity index (χ3n) is 5.20. The van der Waals surface area contributed by atoms with Crippen LogP contribution >= 0.6 is 0 Å². The van der Waals surface area contributed by atoms with E-state index in [1.807, 2.05) is 30.5 Å². The van der Waals surface area contributed by atoms with Crippen LogP contribution in [0, 0.1) is 0 Å². The van der Waals surface area contributed by atoms with Crippen LogP contribution in [0.3, 0.4) is 0 Å². The number of esters is 1. The number of fused-ring (bicyclic) bond motifs is 1. The van der Waals surface area contributed by atoms with Crippen LogP contribution in [-0.2, 0) is 30.0 Å². The van der Waals surface area contributed by atoms with Gasteiger partial charge in [-0.1, -0.05) is 18.2 Å². The van der Waals surface area contributed by atoms with E-state index in [0.29, 0.717) is 22.8 Å². The van der Waals surface area contributed by atoms with Crippen molar-refractivity contribution in [3.05, 3.63) is 71.9 Å². The average Bonchev–Trinajstić information content (AvgIpc) is 3.44. The van der Waals surface area contributed by atoms with E-state index in [2.05, 4.69) is 15.6 Å². The molecule has 0 radical (unpaired) electrons. The Morgan fingerprint density at radius 3 is 2.38 bits per heavy atom. The van der Waals surface area contributed by atoms with Crippen molar-refractivity contribution >= 4 is 40.1 Å². The van der Waals surface area contributed by atoms with Crippen LogP contribution in [0.25, 0.3) is 10.9 Å². The maximum Gasteiger partial charge on any atom is 0.354 e. The number of hydrogen-bond donors (Lipinski definition) is 3. The van der Waals surface area contributed by atoms with Crippen molar-refractivity contribution in [1.82, 2.24) is 14.1 Å². The van der Waals surface area contributed by atoms with Gasteiger partial charge in [0, 0.05) is 43.6 Å². The Kier molecular flexibility index (Phi) is 5.55. The minimum Gasteiger partial charge on any atom is -0.464 e. The molecule has 0 fully saturated rings. The number of rotatable bonds is 6. The number of aryl methyl sites for hydroxylation is 2. The highest BCUT2D eigenvalue weighted by Crippen LogP contribution is 2.20. The number of methoxy groups -OCH3 is 1. The minimum absolute atomic E-state index is 0.182. The molecule has 0 spiro atoms. The quantitative estimate of drug-likeness (QED) is 0.406. The molecule has 3 heterocycles. The summed E-state index contributed by atoms with van der Waals surface area (Å²) in [4.78, 5) is 40.2. The molecule has 1 aromatic carbocycles. The van der Waals surface area contributed by atoms with E-state index in [1.54, 1.807) is 41.7 Å². The first-order valence-corrected chi connectivity index (χ1v) is 9.93. The first-order valence-electron chi connectivity index (χ1n) is 9.93. The fourth-order valence-electron chi connectivity index (χ4n) is 3.65. The van der Waals surface area contributed by atoms with Gasteiger partial charge in [-0.2, -0.15) is 0 Å². The molecule has 0 aliphatic heterocycles. The average molecular weight is 433 g/mol. The molecule has 0 bridgehead atoms. The van der Waals surface area contributed by atoms with Gasteiger partial charge in [0.15, 0.2) is 0 Å². The number of aromatic amines is 1. The van der Waals surface area contributed by atoms with E-state index >= 15 is 0 Å². The van der Waals surface area contributed by atoms with Crippen molar-refractivity contribution < 1.29 is 19.1 Å². The monoisotopic (exact) mass is 433 g/mol. The molecule has 4 rings (SSSR count). The summed E-state index contributed by atoms with van der Waals surface area (Å²) in [6, 6.07) is 10.9. The van der Waals surface area contributed by atoms with Gasteiger partial charge in [-0.3, -0.25) is 9.59 Å². The number of amides is 2. The molecule has 3 N–H and O–H groups in total. The maximum absolute atomic E-state index is 12.7. The zero-order valence-electron chi connectivity index (χ0n) is 17.9. The van der Waals surface area contributed by atoms with Gasteiger partial charge >= 0.3 is 5.97 Å². The van der Waals surface area contributed by atoms with E-state index in [0.717, 1.165) is 16.5 Å². The Hall–Kier alpha value is -4.27. The summed E-state index contributed by atoms with van der Waals surface area (Å²) < 4.78 is 7.92. The second kappa shape index (κ2) is 8.46. The number of nitrogens with one attached hydrogen (secondary N) is 3. The molecule has 32 heavy (non-hydrogen) atoms. The van der Waals surface area contributed by atoms with Gasteiger partial charge in [0.1, 0.15) is 11.4 Å². The van der Waals surface area contributed by atoms with E-state index in [4.69, 9.17) is 4.74 Å². The molecule has 9 heteroatoms. The van der Waals surface area contributed by atoms with E-state index in [9.17, 15) is 14.4 Å². The number of carbonyl (C=O) groups is 3. The van der Waals surface area contributed by atoms with Crippen molar-refractivity contribution in [3.8, 4) is 0 Å². The van der Waals surface area contributed by atoms with E-state index in [-0.39, 0.29) is 18.2 Å². The molecule has 9 nitrogen and oxygen atoms in total. The summed E-state index contributed by atoms with van der Waals surface area (Å²) >= 11 is 0. The van der Waals surface area contributed by atoms with Crippen LogP contribution in [0.5, 0.6) is 0 Å². The Balaban J connectivity index is 1.43. The van der Waals surface area contributed by atoms with E-state index < -0.39 is 5.97 Å². The lowest BCUT2D eigenvalue weighted by Crippen LogP contribution is -2.15. The number of para-hydroxylation sites is 1. The molecule has 0 atom stereocenters. The predicted molar refractivity (Wildman–Crippen MR) is 121 cm³/mol. The van der Waals surface area contributed by atoms with Gasteiger partial charge < -0.3 is 29.5 Å². The van der Waals surface area contributed by atoms with E-state index in [1.165, 1.54) is 13.2 Å². The van der Waals surface area contributed by atoms with Gasteiger partial charge in [-0.25, -0.2) is 4.79 Å². The van der Waals surface area contributed by atoms with Crippen LogP contribution in [0.2, 0.25) is 0 Å². The number of hydrogen-bond acceptors (Lipinski definition) is 4. The minimum atomic E-state index is -0.493. The normalized spacial score (nSPS) is 10.8. The van der Waals surface area contributed by atoms with Crippen LogP contribution in [-0.4, -0.2) is 39.0 Å². The van der Waals surface area contributed by atoms with Crippen LogP contribution < -0.4 is 10.6 Å². The number of benzene rings is 1. The highest BCUT2D eigenvalue weighted by molar-refractivity contribution is 6.05. The number of H-pyrrole nitrogens is 1. The summed E-state index contributed by atoms with van der Waals surface area (Å²) in [6.45, 7) is 0.